The van der Waals surface area contributed by atoms with Crippen molar-refractivity contribution in [1.29, 1.82) is 0 Å². The van der Waals surface area contributed by atoms with Gasteiger partial charge >= 0.3 is 5.97 Å². The summed E-state index contributed by atoms with van der Waals surface area (Å²) < 4.78 is 0.445. The van der Waals surface area contributed by atoms with Gasteiger partial charge in [0.15, 0.2) is 0 Å². The van der Waals surface area contributed by atoms with E-state index in [0.717, 1.165) is 0 Å². The highest BCUT2D eigenvalue weighted by Gasteiger charge is 2.17. The molecule has 0 saturated carbocycles. The number of carboxylic acid groups (broad SMARTS) is 1. The Kier molecular flexibility index (Phi) is 5.71. The van der Waals surface area contributed by atoms with Gasteiger partial charge in [-0.05, 0) is 60.2 Å². The number of carboxylic acids is 1. The Balaban J connectivity index is 1.71. The summed E-state index contributed by atoms with van der Waals surface area (Å²) in [6, 6.07) is 12.5. The normalized spacial score (nSPS) is 14.9. The van der Waals surface area contributed by atoms with Gasteiger partial charge in [0.05, 0.1) is 10.1 Å². The van der Waals surface area contributed by atoms with E-state index in [1.54, 1.807) is 19.1 Å². The lowest BCUT2D eigenvalue weighted by atomic mass is 10.1. The molecule has 130 valence electrons. The molecule has 0 aliphatic carbocycles. The van der Waals surface area contributed by atoms with Gasteiger partial charge in [-0.1, -0.05) is 18.2 Å². The lowest BCUT2D eigenvalue weighted by Crippen LogP contribution is -2.13. The monoisotopic (exact) mass is 373 g/mol. The molecule has 2 aromatic carbocycles. The predicted molar refractivity (Wildman–Crippen MR) is 105 cm³/mol. The zero-order valence-electron chi connectivity index (χ0n) is 13.8. The molecule has 1 aliphatic rings. The van der Waals surface area contributed by atoms with Crippen LogP contribution in [0.3, 0.4) is 0 Å². The number of aromatic carboxylic acids is 1. The molecular formula is C19H19NO3S2. The number of hydrogen-bond acceptors (Lipinski definition) is 4. The molecule has 1 amide bonds. The van der Waals surface area contributed by atoms with E-state index < -0.39 is 5.97 Å². The average molecular weight is 373 g/mol. The fourth-order valence-corrected chi connectivity index (χ4v) is 5.50. The van der Waals surface area contributed by atoms with Gasteiger partial charge in [-0.15, -0.1) is 23.5 Å². The number of hydrogen-bond donors (Lipinski definition) is 2. The molecule has 2 aromatic rings. The molecule has 0 atom stereocenters. The van der Waals surface area contributed by atoms with Crippen molar-refractivity contribution >= 4 is 41.1 Å². The maximum atomic E-state index is 12.4. The maximum Gasteiger partial charge on any atom is 0.336 e. The third kappa shape index (κ3) is 4.38. The quantitative estimate of drug-likeness (QED) is 0.805. The maximum absolute atomic E-state index is 12.4. The molecule has 0 bridgehead atoms. The minimum atomic E-state index is -1.000. The number of nitrogens with one attached hydrogen (secondary N) is 1. The van der Waals surface area contributed by atoms with Gasteiger partial charge < -0.3 is 10.4 Å². The molecule has 6 heteroatoms. The topological polar surface area (TPSA) is 66.4 Å². The van der Waals surface area contributed by atoms with Gasteiger partial charge in [0, 0.05) is 11.3 Å². The number of aryl methyl sites for hydroxylation is 1. The van der Waals surface area contributed by atoms with Gasteiger partial charge in [-0.2, -0.15) is 0 Å². The summed E-state index contributed by atoms with van der Waals surface area (Å²) >= 11 is 3.89. The van der Waals surface area contributed by atoms with Crippen molar-refractivity contribution in [3.63, 3.8) is 0 Å². The molecule has 0 spiro atoms. The fraction of sp³-hybridized carbons (Fsp3) is 0.263. The standard InChI is InChI=1S/C19H19NO3S2/c1-12-3-8-15(11-16(12)18(22)23)20-17(21)13-4-6-14(7-5-13)19-24-9-2-10-25-19/h3-8,11,19H,2,9-10H2,1H3,(H,20,21)(H,22,23). The molecular weight excluding hydrogens is 354 g/mol. The minimum Gasteiger partial charge on any atom is -0.478 e. The van der Waals surface area contributed by atoms with Crippen molar-refractivity contribution in [2.24, 2.45) is 0 Å². The molecule has 0 unspecified atom stereocenters. The molecule has 0 radical (unpaired) electrons. The molecule has 1 saturated heterocycles. The van der Waals surface area contributed by atoms with Crippen LogP contribution in [0, 0.1) is 6.92 Å². The Morgan fingerprint density at radius 1 is 1.08 bits per heavy atom. The van der Waals surface area contributed by atoms with Crippen molar-refractivity contribution < 1.29 is 14.7 Å². The number of amides is 1. The Morgan fingerprint density at radius 3 is 2.40 bits per heavy atom. The highest BCUT2D eigenvalue weighted by molar-refractivity contribution is 8.16. The molecule has 1 heterocycles. The SMILES string of the molecule is Cc1ccc(NC(=O)c2ccc(C3SCCCS3)cc2)cc1C(=O)O. The van der Waals surface area contributed by atoms with E-state index in [-0.39, 0.29) is 11.5 Å². The van der Waals surface area contributed by atoms with Crippen LogP contribution < -0.4 is 5.32 Å². The minimum absolute atomic E-state index is 0.194. The summed E-state index contributed by atoms with van der Waals surface area (Å²) in [6.07, 6.45) is 1.25. The Hall–Kier alpha value is -1.92. The predicted octanol–water partition coefficient (Wildman–Crippen LogP) is 4.81. The molecule has 4 nitrogen and oxygen atoms in total. The lowest BCUT2D eigenvalue weighted by molar-refractivity contribution is 0.0695. The molecule has 0 aromatic heterocycles. The van der Waals surface area contributed by atoms with E-state index in [2.05, 4.69) is 5.32 Å². The van der Waals surface area contributed by atoms with Crippen LogP contribution in [0.2, 0.25) is 0 Å². The number of benzene rings is 2. The Bertz CT molecular complexity index is 784. The van der Waals surface area contributed by atoms with E-state index in [9.17, 15) is 14.7 Å². The third-order valence-corrected chi connectivity index (χ3v) is 7.01. The first-order valence-corrected chi connectivity index (χ1v) is 10.1. The Labute approximate surface area is 155 Å². The van der Waals surface area contributed by atoms with Crippen LogP contribution in [0.4, 0.5) is 5.69 Å². The number of rotatable bonds is 4. The zero-order valence-corrected chi connectivity index (χ0v) is 15.5. The Morgan fingerprint density at radius 2 is 1.76 bits per heavy atom. The largest absolute Gasteiger partial charge is 0.478 e. The number of thioether (sulfide) groups is 2. The van der Waals surface area contributed by atoms with Crippen LogP contribution in [0.5, 0.6) is 0 Å². The van der Waals surface area contributed by atoms with E-state index in [1.165, 1.54) is 29.6 Å². The summed E-state index contributed by atoms with van der Waals surface area (Å²) in [5, 5.41) is 11.9. The van der Waals surface area contributed by atoms with Crippen molar-refractivity contribution in [2.75, 3.05) is 16.8 Å². The summed E-state index contributed by atoms with van der Waals surface area (Å²) in [4.78, 5) is 23.6. The molecule has 3 rings (SSSR count). The fourth-order valence-electron chi connectivity index (χ4n) is 2.61. The van der Waals surface area contributed by atoms with Crippen molar-refractivity contribution in [3.8, 4) is 0 Å². The number of carbonyl (C=O) groups is 2. The van der Waals surface area contributed by atoms with Gasteiger partial charge in [-0.25, -0.2) is 4.79 Å². The summed E-state index contributed by atoms with van der Waals surface area (Å²) in [5.41, 5.74) is 3.13. The van der Waals surface area contributed by atoms with Crippen molar-refractivity contribution in [3.05, 3.63) is 64.7 Å². The highest BCUT2D eigenvalue weighted by Crippen LogP contribution is 2.43. The van der Waals surface area contributed by atoms with E-state index >= 15 is 0 Å². The zero-order chi connectivity index (χ0) is 17.8. The van der Waals surface area contributed by atoms with Crippen LogP contribution in [-0.4, -0.2) is 28.5 Å². The van der Waals surface area contributed by atoms with Crippen molar-refractivity contribution in [2.45, 2.75) is 17.9 Å². The van der Waals surface area contributed by atoms with Crippen LogP contribution in [-0.2, 0) is 0 Å². The van der Waals surface area contributed by atoms with E-state index in [0.29, 0.717) is 21.4 Å². The second kappa shape index (κ2) is 7.97. The van der Waals surface area contributed by atoms with Crippen LogP contribution in [0.15, 0.2) is 42.5 Å². The van der Waals surface area contributed by atoms with Gasteiger partial charge in [0.25, 0.3) is 5.91 Å². The first-order valence-electron chi connectivity index (χ1n) is 8.03. The van der Waals surface area contributed by atoms with Gasteiger partial charge in [0.2, 0.25) is 0 Å². The summed E-state index contributed by atoms with van der Waals surface area (Å²) in [7, 11) is 0. The first kappa shape index (κ1) is 17.9. The van der Waals surface area contributed by atoms with Crippen LogP contribution >= 0.6 is 23.5 Å². The molecule has 1 fully saturated rings. The molecule has 1 aliphatic heterocycles. The van der Waals surface area contributed by atoms with Gasteiger partial charge in [-0.3, -0.25) is 4.79 Å². The average Bonchev–Trinajstić information content (AvgIpc) is 2.64. The van der Waals surface area contributed by atoms with E-state index in [1.807, 2.05) is 47.8 Å². The number of anilines is 1. The summed E-state index contributed by atoms with van der Waals surface area (Å²) in [6.45, 7) is 1.73. The summed E-state index contributed by atoms with van der Waals surface area (Å²) in [5.74, 6) is 1.12. The number of carbonyl (C=O) groups excluding carboxylic acids is 1. The first-order chi connectivity index (χ1) is 12.0. The smallest absolute Gasteiger partial charge is 0.336 e. The molecule has 25 heavy (non-hydrogen) atoms. The molecule has 2 N–H and O–H groups in total. The van der Waals surface area contributed by atoms with Crippen LogP contribution in [0.25, 0.3) is 0 Å². The van der Waals surface area contributed by atoms with Crippen molar-refractivity contribution in [1.82, 2.24) is 0 Å². The van der Waals surface area contributed by atoms with E-state index in [4.69, 9.17) is 0 Å². The highest BCUT2D eigenvalue weighted by atomic mass is 32.2. The second-order valence-corrected chi connectivity index (χ2v) is 8.56. The lowest BCUT2D eigenvalue weighted by Gasteiger charge is -2.21. The van der Waals surface area contributed by atoms with Gasteiger partial charge in [0.1, 0.15) is 0 Å². The second-order valence-electron chi connectivity index (χ2n) is 5.84. The van der Waals surface area contributed by atoms with Crippen LogP contribution in [0.1, 0.15) is 42.8 Å². The third-order valence-electron chi connectivity index (χ3n) is 4.00.